The summed E-state index contributed by atoms with van der Waals surface area (Å²) in [6, 6.07) is -0.603. The van der Waals surface area contributed by atoms with E-state index in [4.69, 9.17) is 23.7 Å². The molecule has 3 saturated heterocycles. The molecule has 12 nitrogen and oxygen atoms in total. The Morgan fingerprint density at radius 2 is 1.81 bits per heavy atom. The van der Waals surface area contributed by atoms with Gasteiger partial charge in [0.15, 0.2) is 17.7 Å². The fourth-order valence-electron chi connectivity index (χ4n) is 7.80. The number of rotatable bonds is 9. The second kappa shape index (κ2) is 16.9. The molecule has 3 heterocycles. The van der Waals surface area contributed by atoms with Crippen LogP contribution in [0.15, 0.2) is 0 Å². The number of nitrogens with zero attached hydrogens (tertiary/aromatic N) is 1. The Kier molecular flexibility index (Phi) is 14.3. The number of carbonyl (C=O) groups is 3. The number of alkyl halides is 2. The van der Waals surface area contributed by atoms with Crippen molar-refractivity contribution in [3.63, 3.8) is 0 Å². The molecular weight excluding hydrogens is 632 g/mol. The maximum absolute atomic E-state index is 14.1. The summed E-state index contributed by atoms with van der Waals surface area (Å²) in [5.74, 6) is -3.98. The van der Waals surface area contributed by atoms with Gasteiger partial charge in [0.1, 0.15) is 18.1 Å². The molecule has 0 bridgehead atoms. The number of esters is 2. The molecule has 0 aromatic rings. The molecule has 278 valence electrons. The third kappa shape index (κ3) is 9.29. The van der Waals surface area contributed by atoms with Crippen LogP contribution in [-0.2, 0) is 38.1 Å². The van der Waals surface area contributed by atoms with Gasteiger partial charge in [0, 0.05) is 37.6 Å². The van der Waals surface area contributed by atoms with Crippen molar-refractivity contribution < 1.29 is 52.0 Å². The molecule has 48 heavy (non-hydrogen) atoms. The van der Waals surface area contributed by atoms with E-state index in [0.717, 1.165) is 0 Å². The first-order chi connectivity index (χ1) is 22.4. The van der Waals surface area contributed by atoms with Gasteiger partial charge in [0.2, 0.25) is 0 Å². The van der Waals surface area contributed by atoms with E-state index in [1.807, 2.05) is 32.6 Å². The van der Waals surface area contributed by atoms with Crippen LogP contribution in [0.3, 0.4) is 0 Å². The Bertz CT molecular complexity index is 1100. The topological polar surface area (TPSA) is 145 Å². The lowest BCUT2D eigenvalue weighted by atomic mass is 9.78. The highest BCUT2D eigenvalue weighted by Crippen LogP contribution is 2.42. The first-order valence-electron chi connectivity index (χ1n) is 17.3. The molecule has 3 aliphatic heterocycles. The second-order valence-electron chi connectivity index (χ2n) is 14.7. The fraction of sp³-hybridized carbons (Fsp3) is 0.912. The van der Waals surface area contributed by atoms with Crippen LogP contribution in [0.5, 0.6) is 0 Å². The number of hydrogen-bond acceptors (Lipinski definition) is 12. The van der Waals surface area contributed by atoms with E-state index < -0.39 is 84.5 Å². The number of nitrogens with one attached hydrogen (secondary N) is 2. The van der Waals surface area contributed by atoms with Crippen LogP contribution >= 0.6 is 0 Å². The van der Waals surface area contributed by atoms with Gasteiger partial charge in [-0.25, -0.2) is 8.78 Å². The molecule has 0 spiro atoms. The minimum absolute atomic E-state index is 0.0181. The Balaban J connectivity index is 2.00. The van der Waals surface area contributed by atoms with Crippen molar-refractivity contribution in [2.75, 3.05) is 40.8 Å². The molecule has 3 aliphatic rings. The van der Waals surface area contributed by atoms with Gasteiger partial charge in [-0.15, -0.1) is 0 Å². The van der Waals surface area contributed by atoms with E-state index in [2.05, 4.69) is 10.6 Å². The second-order valence-corrected chi connectivity index (χ2v) is 14.7. The van der Waals surface area contributed by atoms with Gasteiger partial charge < -0.3 is 44.3 Å². The van der Waals surface area contributed by atoms with Crippen molar-refractivity contribution in [3.8, 4) is 0 Å². The van der Waals surface area contributed by atoms with Crippen LogP contribution in [0.4, 0.5) is 8.78 Å². The Labute approximate surface area is 284 Å². The summed E-state index contributed by atoms with van der Waals surface area (Å²) in [6.45, 7) is 12.8. The standard InChI is InChI=1S/C34H59F2N3O9/c1-11-25-34(7)23(13-27(40)48-34)21(5)38-15-18(2)14-33(6,44-10)30(19(3)28(41)20(4)31(43)46-25)47-32-29(42)24(39(8)9)12-22(45-32)16-37-17-26(35)36/h18-26,29-30,32,37-38,42H,11-17H2,1-10H3/t18-,19+,20?,21-,22?,23-,24?,25-,29?,30-,32?,33-,34+/m1/s1. The summed E-state index contributed by atoms with van der Waals surface area (Å²) in [7, 11) is 5.13. The zero-order chi connectivity index (χ0) is 36.1. The lowest BCUT2D eigenvalue weighted by molar-refractivity contribution is -0.297. The van der Waals surface area contributed by atoms with Crippen molar-refractivity contribution in [3.05, 3.63) is 0 Å². The van der Waals surface area contributed by atoms with Crippen LogP contribution in [0.2, 0.25) is 0 Å². The molecule has 0 aliphatic carbocycles. The molecule has 0 saturated carbocycles. The van der Waals surface area contributed by atoms with E-state index >= 15 is 0 Å². The van der Waals surface area contributed by atoms with Gasteiger partial charge in [0.05, 0.1) is 30.8 Å². The third-order valence-electron chi connectivity index (χ3n) is 10.7. The number of aliphatic hydroxyl groups is 1. The maximum atomic E-state index is 14.1. The van der Waals surface area contributed by atoms with Gasteiger partial charge in [-0.3, -0.25) is 14.4 Å². The molecule has 13 atom stereocenters. The summed E-state index contributed by atoms with van der Waals surface area (Å²) >= 11 is 0. The summed E-state index contributed by atoms with van der Waals surface area (Å²) in [4.78, 5) is 42.2. The molecule has 14 heteroatoms. The monoisotopic (exact) mass is 691 g/mol. The van der Waals surface area contributed by atoms with Crippen molar-refractivity contribution in [1.29, 1.82) is 0 Å². The largest absolute Gasteiger partial charge is 0.458 e. The van der Waals surface area contributed by atoms with Crippen LogP contribution < -0.4 is 10.6 Å². The smallest absolute Gasteiger partial charge is 0.316 e. The summed E-state index contributed by atoms with van der Waals surface area (Å²) in [6.07, 6.45) is -5.91. The number of hydrogen-bond donors (Lipinski definition) is 3. The number of carbonyl (C=O) groups excluding carboxylic acids is 3. The highest BCUT2D eigenvalue weighted by Gasteiger charge is 2.55. The lowest BCUT2D eigenvalue weighted by Gasteiger charge is -2.47. The number of ketones is 1. The van der Waals surface area contributed by atoms with Crippen LogP contribution in [0.1, 0.15) is 74.1 Å². The number of halogens is 2. The van der Waals surface area contributed by atoms with E-state index in [9.17, 15) is 28.3 Å². The zero-order valence-electron chi connectivity index (χ0n) is 30.3. The van der Waals surface area contributed by atoms with Crippen LogP contribution in [0, 0.1) is 23.7 Å². The Hall–Kier alpha value is -1.81. The first-order valence-corrected chi connectivity index (χ1v) is 17.3. The third-order valence-corrected chi connectivity index (χ3v) is 10.7. The highest BCUT2D eigenvalue weighted by molar-refractivity contribution is 6.00. The summed E-state index contributed by atoms with van der Waals surface area (Å²) in [5.41, 5.74) is -2.19. The molecule has 0 aromatic heterocycles. The average Bonchev–Trinajstić information content (AvgIpc) is 3.34. The lowest BCUT2D eigenvalue weighted by Crippen LogP contribution is -2.60. The van der Waals surface area contributed by atoms with Crippen LogP contribution in [-0.4, -0.2) is 129 Å². The Morgan fingerprint density at radius 1 is 1.15 bits per heavy atom. The molecule has 3 fully saturated rings. The number of fused-ring (bicyclic) bond motifs is 1. The number of likely N-dealkylation sites (N-methyl/N-ethyl adjacent to an activating group) is 1. The number of ether oxygens (including phenoxy) is 5. The fourth-order valence-corrected chi connectivity index (χ4v) is 7.80. The quantitative estimate of drug-likeness (QED) is 0.242. The number of cyclic esters (lactones) is 1. The molecule has 3 N–H and O–H groups in total. The number of aliphatic hydroxyl groups excluding tert-OH is 1. The zero-order valence-corrected chi connectivity index (χ0v) is 30.3. The van der Waals surface area contributed by atoms with Gasteiger partial charge >= 0.3 is 11.9 Å². The molecular formula is C34H59F2N3O9. The average molecular weight is 692 g/mol. The van der Waals surface area contributed by atoms with E-state index in [0.29, 0.717) is 25.8 Å². The summed E-state index contributed by atoms with van der Waals surface area (Å²) in [5, 5.41) is 17.7. The molecule has 0 aromatic carbocycles. The number of methoxy groups -OCH3 is 1. The predicted molar refractivity (Wildman–Crippen MR) is 173 cm³/mol. The van der Waals surface area contributed by atoms with Crippen LogP contribution in [0.25, 0.3) is 0 Å². The minimum Gasteiger partial charge on any atom is -0.458 e. The first kappa shape index (κ1) is 40.6. The normalized spacial score (nSPS) is 42.2. The SMILES string of the molecule is CC[C@H]1OC(=O)C(C)C(=O)[C@H](C)[C@@H](OC2OC(CNCC(F)F)CC(N(C)C)C2O)[C@](C)(OC)C[C@@H](C)CN[C@H](C)[C@H]2CC(=O)O[C@@]21C. The van der Waals surface area contributed by atoms with Crippen molar-refractivity contribution >= 4 is 17.7 Å². The molecule has 0 amide bonds. The van der Waals surface area contributed by atoms with E-state index in [-0.39, 0.29) is 36.8 Å². The van der Waals surface area contributed by atoms with Crippen molar-refractivity contribution in [2.24, 2.45) is 23.7 Å². The van der Waals surface area contributed by atoms with Gasteiger partial charge in [-0.05, 0) is 73.5 Å². The minimum atomic E-state index is -2.53. The molecule has 0 radical (unpaired) electrons. The van der Waals surface area contributed by atoms with Crippen molar-refractivity contribution in [1.82, 2.24) is 15.5 Å². The van der Waals surface area contributed by atoms with Gasteiger partial charge in [-0.2, -0.15) is 0 Å². The van der Waals surface area contributed by atoms with Gasteiger partial charge in [-0.1, -0.05) is 20.8 Å². The van der Waals surface area contributed by atoms with E-state index in [1.54, 1.807) is 27.9 Å². The van der Waals surface area contributed by atoms with Crippen molar-refractivity contribution in [2.45, 2.75) is 135 Å². The van der Waals surface area contributed by atoms with E-state index in [1.165, 1.54) is 14.0 Å². The number of Topliss-reactive ketones (excluding diaryl/α,β-unsaturated/α-hetero) is 1. The molecule has 3 rings (SSSR count). The molecule has 5 unspecified atom stereocenters. The predicted octanol–water partition coefficient (Wildman–Crippen LogP) is 2.54. The summed E-state index contributed by atoms with van der Waals surface area (Å²) < 4.78 is 56.4. The maximum Gasteiger partial charge on any atom is 0.316 e. The van der Waals surface area contributed by atoms with Gasteiger partial charge in [0.25, 0.3) is 6.43 Å². The Morgan fingerprint density at radius 3 is 2.40 bits per heavy atom. The highest BCUT2D eigenvalue weighted by atomic mass is 19.3.